The van der Waals surface area contributed by atoms with Gasteiger partial charge in [-0.25, -0.2) is 14.4 Å². The topological polar surface area (TPSA) is 59.7 Å². The summed E-state index contributed by atoms with van der Waals surface area (Å²) in [4.78, 5) is 12.8. The Kier molecular flexibility index (Phi) is 6.03. The molecule has 29 heavy (non-hydrogen) atoms. The van der Waals surface area contributed by atoms with E-state index >= 15 is 0 Å². The lowest BCUT2D eigenvalue weighted by Gasteiger charge is -1.99. The first-order chi connectivity index (χ1) is 14.1. The van der Waals surface area contributed by atoms with Crippen molar-refractivity contribution in [1.82, 2.24) is 9.97 Å². The minimum absolute atomic E-state index is 0.199. The molecule has 3 heterocycles. The molecule has 0 atom stereocenters. The molecule has 148 valence electrons. The van der Waals surface area contributed by atoms with Crippen molar-refractivity contribution in [1.29, 1.82) is 0 Å². The van der Waals surface area contributed by atoms with Gasteiger partial charge in [-0.05, 0) is 36.2 Å². The number of rotatable bonds is 7. The second-order valence-corrected chi connectivity index (χ2v) is 8.88. The molecule has 5 nitrogen and oxygen atoms in total. The third kappa shape index (κ3) is 4.55. The molecule has 0 aliphatic carbocycles. The third-order valence-electron chi connectivity index (χ3n) is 4.42. The molecule has 4 rings (SSSR count). The van der Waals surface area contributed by atoms with Crippen molar-refractivity contribution in [2.45, 2.75) is 26.5 Å². The fraction of sp³-hybridized carbons (Fsp3) is 0.238. The summed E-state index contributed by atoms with van der Waals surface area (Å²) >= 11 is 3.21. The lowest BCUT2D eigenvalue weighted by atomic mass is 10.1. The van der Waals surface area contributed by atoms with Crippen LogP contribution in [0.25, 0.3) is 10.2 Å². The monoisotopic (exact) mass is 426 g/mol. The molecule has 0 fully saturated rings. The van der Waals surface area contributed by atoms with Crippen LogP contribution in [0.1, 0.15) is 25.8 Å². The molecule has 0 N–H and O–H groups in total. The number of aryl methyl sites for hydroxylation is 1. The number of ether oxygens (including phenoxy) is 1. The van der Waals surface area contributed by atoms with Crippen LogP contribution in [0, 0.1) is 12.7 Å². The average molecular weight is 427 g/mol. The zero-order valence-electron chi connectivity index (χ0n) is 16.1. The number of nitrogens with zero attached hydrogens (tertiary/aromatic N) is 4. The smallest absolute Gasteiger partial charge is 0.185 e. The van der Waals surface area contributed by atoms with Crippen molar-refractivity contribution in [2.24, 2.45) is 10.2 Å². The second kappa shape index (κ2) is 8.86. The number of thiophene rings is 2. The van der Waals surface area contributed by atoms with Crippen LogP contribution in [0.15, 0.2) is 53.0 Å². The summed E-state index contributed by atoms with van der Waals surface area (Å²) in [5.41, 5.74) is 1.85. The fourth-order valence-electron chi connectivity index (χ4n) is 3.02. The molecule has 0 amide bonds. The van der Waals surface area contributed by atoms with Crippen molar-refractivity contribution >= 4 is 38.7 Å². The third-order valence-corrected chi connectivity index (χ3v) is 6.66. The summed E-state index contributed by atoms with van der Waals surface area (Å²) in [7, 11) is 1.69. The van der Waals surface area contributed by atoms with Gasteiger partial charge >= 0.3 is 0 Å². The molecule has 0 aliphatic rings. The number of aromatic nitrogens is 2. The van der Waals surface area contributed by atoms with Crippen molar-refractivity contribution in [2.75, 3.05) is 7.11 Å². The maximum Gasteiger partial charge on any atom is 0.185 e. The molecule has 1 aromatic carbocycles. The van der Waals surface area contributed by atoms with Gasteiger partial charge in [-0.2, -0.15) is 5.11 Å². The van der Waals surface area contributed by atoms with E-state index in [0.29, 0.717) is 31.0 Å². The number of halogens is 1. The van der Waals surface area contributed by atoms with Gasteiger partial charge in [0.05, 0.1) is 18.5 Å². The first-order valence-electron chi connectivity index (χ1n) is 9.05. The van der Waals surface area contributed by atoms with Gasteiger partial charge in [0, 0.05) is 28.2 Å². The Morgan fingerprint density at radius 3 is 2.79 bits per heavy atom. The molecule has 8 heteroatoms. The average Bonchev–Trinajstić information content (AvgIpc) is 3.27. The summed E-state index contributed by atoms with van der Waals surface area (Å²) in [6.07, 6.45) is 2.01. The fourth-order valence-corrected chi connectivity index (χ4v) is 5.10. The van der Waals surface area contributed by atoms with Gasteiger partial charge in [-0.15, -0.1) is 27.8 Å². The lowest BCUT2D eigenvalue weighted by Crippen LogP contribution is -1.88. The van der Waals surface area contributed by atoms with E-state index in [1.807, 2.05) is 12.1 Å². The van der Waals surface area contributed by atoms with Crippen LogP contribution in [0.3, 0.4) is 0 Å². The van der Waals surface area contributed by atoms with Gasteiger partial charge in [0.2, 0.25) is 0 Å². The van der Waals surface area contributed by atoms with Gasteiger partial charge in [0.25, 0.3) is 0 Å². The Hall–Kier alpha value is -2.55. The van der Waals surface area contributed by atoms with Crippen molar-refractivity contribution in [3.8, 4) is 0 Å². The predicted octanol–water partition coefficient (Wildman–Crippen LogP) is 6.22. The van der Waals surface area contributed by atoms with Crippen molar-refractivity contribution < 1.29 is 9.13 Å². The summed E-state index contributed by atoms with van der Waals surface area (Å²) < 4.78 is 19.1. The van der Waals surface area contributed by atoms with E-state index in [2.05, 4.69) is 33.2 Å². The Labute approximate surface area is 175 Å². The second-order valence-electron chi connectivity index (χ2n) is 6.55. The number of hydrogen-bond acceptors (Lipinski definition) is 7. The van der Waals surface area contributed by atoms with Gasteiger partial charge < -0.3 is 4.74 Å². The highest BCUT2D eigenvalue weighted by Gasteiger charge is 2.11. The molecule has 0 radical (unpaired) electrons. The Balaban J connectivity index is 1.54. The molecule has 0 saturated heterocycles. The number of fused-ring (bicyclic) bond motifs is 1. The highest BCUT2D eigenvalue weighted by atomic mass is 32.1. The first-order valence-corrected chi connectivity index (χ1v) is 10.7. The summed E-state index contributed by atoms with van der Waals surface area (Å²) in [5, 5.41) is 9.54. The Morgan fingerprint density at radius 2 is 1.97 bits per heavy atom. The molecule has 3 aromatic heterocycles. The normalized spacial score (nSPS) is 11.7. The van der Waals surface area contributed by atoms with Crippen molar-refractivity contribution in [3.63, 3.8) is 0 Å². The summed E-state index contributed by atoms with van der Waals surface area (Å²) in [6, 6.07) is 10.9. The minimum atomic E-state index is -0.199. The van der Waals surface area contributed by atoms with Crippen LogP contribution in [-0.4, -0.2) is 17.1 Å². The molecule has 0 bridgehead atoms. The number of hydrogen-bond donors (Lipinski definition) is 0. The highest BCUT2D eigenvalue weighted by Crippen LogP contribution is 2.32. The predicted molar refractivity (Wildman–Crippen MR) is 115 cm³/mol. The van der Waals surface area contributed by atoms with E-state index in [9.17, 15) is 4.39 Å². The highest BCUT2D eigenvalue weighted by molar-refractivity contribution is 7.18. The molecule has 0 unspecified atom stereocenters. The van der Waals surface area contributed by atoms with E-state index in [1.165, 1.54) is 34.2 Å². The van der Waals surface area contributed by atoms with Crippen LogP contribution in [0.2, 0.25) is 0 Å². The Morgan fingerprint density at radius 1 is 1.10 bits per heavy atom. The van der Waals surface area contributed by atoms with Crippen LogP contribution in [-0.2, 0) is 24.3 Å². The quantitative estimate of drug-likeness (QED) is 0.330. The standard InChI is InChI=1S/C21H19FN4OS2/c1-13-7-16(11-27-2)28-19(13)10-25-26-20-17-9-15(29-21(17)24-12-23-20)8-14-5-3-4-6-18(14)22/h3-7,9,12H,8,10-11H2,1-2H3. The number of benzene rings is 1. The van der Waals surface area contributed by atoms with Gasteiger partial charge in [0.15, 0.2) is 5.82 Å². The van der Waals surface area contributed by atoms with E-state index in [1.54, 1.807) is 30.6 Å². The molecular weight excluding hydrogens is 407 g/mol. The Bertz CT molecular complexity index is 1170. The zero-order chi connectivity index (χ0) is 20.2. The van der Waals surface area contributed by atoms with E-state index < -0.39 is 0 Å². The van der Waals surface area contributed by atoms with Gasteiger partial charge in [-0.1, -0.05) is 18.2 Å². The molecule has 0 aliphatic heterocycles. The maximum absolute atomic E-state index is 14.0. The molecule has 0 spiro atoms. The number of azo groups is 1. The molecule has 0 saturated carbocycles. The summed E-state index contributed by atoms with van der Waals surface area (Å²) in [5.74, 6) is 0.340. The minimum Gasteiger partial charge on any atom is -0.379 e. The molecular formula is C21H19FN4OS2. The van der Waals surface area contributed by atoms with E-state index in [4.69, 9.17) is 4.74 Å². The molecule has 4 aromatic rings. The largest absolute Gasteiger partial charge is 0.379 e. The summed E-state index contributed by atoms with van der Waals surface area (Å²) in [6.45, 7) is 3.17. The van der Waals surface area contributed by atoms with Crippen LogP contribution in [0.4, 0.5) is 10.2 Å². The maximum atomic E-state index is 14.0. The first kappa shape index (κ1) is 19.8. The van der Waals surface area contributed by atoms with Crippen LogP contribution in [0.5, 0.6) is 0 Å². The van der Waals surface area contributed by atoms with Crippen LogP contribution < -0.4 is 0 Å². The SMILES string of the molecule is COCc1cc(C)c(CN=Nc2ncnc3sc(Cc4ccccc4F)cc23)s1. The van der Waals surface area contributed by atoms with E-state index in [0.717, 1.165) is 20.0 Å². The zero-order valence-corrected chi connectivity index (χ0v) is 17.7. The van der Waals surface area contributed by atoms with E-state index in [-0.39, 0.29) is 5.82 Å². The number of methoxy groups -OCH3 is 1. The van der Waals surface area contributed by atoms with Crippen molar-refractivity contribution in [3.05, 3.63) is 74.3 Å². The van der Waals surface area contributed by atoms with Gasteiger partial charge in [-0.3, -0.25) is 0 Å². The van der Waals surface area contributed by atoms with Crippen LogP contribution >= 0.6 is 22.7 Å². The van der Waals surface area contributed by atoms with Gasteiger partial charge in [0.1, 0.15) is 17.0 Å². The lowest BCUT2D eigenvalue weighted by molar-refractivity contribution is 0.187.